The molecule has 0 aromatic heterocycles. The van der Waals surface area contributed by atoms with Crippen molar-refractivity contribution in [1.29, 1.82) is 0 Å². The second-order valence-electron chi connectivity index (χ2n) is 6.70. The highest BCUT2D eigenvalue weighted by atomic mass is 32.2. The maximum absolute atomic E-state index is 12.8. The van der Waals surface area contributed by atoms with E-state index in [2.05, 4.69) is 5.32 Å². The molecular weight excluding hydrogens is 328 g/mol. The van der Waals surface area contributed by atoms with Gasteiger partial charge in [-0.15, -0.1) is 11.8 Å². The zero-order valence-corrected chi connectivity index (χ0v) is 13.8. The maximum Gasteiger partial charge on any atom is 0.308 e. The molecule has 2 N–H and O–H groups in total. The van der Waals surface area contributed by atoms with Gasteiger partial charge in [0.2, 0.25) is 5.91 Å². The Morgan fingerprint density at radius 2 is 2.04 bits per heavy atom. The molecular formula is C17H18N2O4S. The number of anilines is 1. The lowest BCUT2D eigenvalue weighted by molar-refractivity contribution is -0.142. The van der Waals surface area contributed by atoms with Gasteiger partial charge >= 0.3 is 5.97 Å². The Balaban J connectivity index is 1.54. The largest absolute Gasteiger partial charge is 0.481 e. The molecule has 2 amide bonds. The average molecular weight is 346 g/mol. The minimum Gasteiger partial charge on any atom is -0.481 e. The zero-order valence-electron chi connectivity index (χ0n) is 13.0. The first kappa shape index (κ1) is 15.5. The molecule has 2 heterocycles. The van der Waals surface area contributed by atoms with Gasteiger partial charge in [-0.1, -0.05) is 0 Å². The zero-order chi connectivity index (χ0) is 16.8. The van der Waals surface area contributed by atoms with Gasteiger partial charge in [-0.3, -0.25) is 14.4 Å². The Labute approximate surface area is 143 Å². The summed E-state index contributed by atoms with van der Waals surface area (Å²) in [7, 11) is 0. The van der Waals surface area contributed by atoms with E-state index in [1.807, 2.05) is 6.07 Å². The Bertz CT molecular complexity index is 731. The Kier molecular flexibility index (Phi) is 3.75. The fraction of sp³-hybridized carbons (Fsp3) is 0.471. The number of rotatable bonds is 3. The topological polar surface area (TPSA) is 86.7 Å². The van der Waals surface area contributed by atoms with Crippen LogP contribution in [0.1, 0.15) is 23.2 Å². The third kappa shape index (κ3) is 2.77. The van der Waals surface area contributed by atoms with Crippen molar-refractivity contribution in [3.05, 3.63) is 23.8 Å². The van der Waals surface area contributed by atoms with Crippen molar-refractivity contribution in [2.45, 2.75) is 17.7 Å². The predicted molar refractivity (Wildman–Crippen MR) is 89.0 cm³/mol. The number of carboxylic acids is 1. The second-order valence-corrected chi connectivity index (χ2v) is 7.72. The van der Waals surface area contributed by atoms with Crippen LogP contribution in [0, 0.1) is 17.8 Å². The van der Waals surface area contributed by atoms with Gasteiger partial charge < -0.3 is 15.3 Å². The number of aliphatic carboxylic acids is 1. The normalized spacial score (nSPS) is 26.0. The van der Waals surface area contributed by atoms with Crippen molar-refractivity contribution in [3.8, 4) is 0 Å². The standard InChI is InChI=1S/C17H18N2O4S/c20-15-8-24-14-4-3-10(5-13(14)18-15)16(21)19-6-11(9-1-2-9)12(7-19)17(22)23/h3-5,9,11-12H,1-2,6-8H2,(H,18,20)(H,22,23)/t11-,12+/m1/s1. The number of carboxylic acid groups (broad SMARTS) is 1. The number of carbonyl (C=O) groups is 3. The molecule has 1 saturated heterocycles. The molecule has 1 aromatic carbocycles. The highest BCUT2D eigenvalue weighted by Crippen LogP contribution is 2.44. The average Bonchev–Trinajstić information content (AvgIpc) is 3.31. The number of carbonyl (C=O) groups excluding carboxylic acids is 2. The Morgan fingerprint density at radius 3 is 2.75 bits per heavy atom. The molecule has 0 unspecified atom stereocenters. The number of hydrogen-bond donors (Lipinski definition) is 2. The summed E-state index contributed by atoms with van der Waals surface area (Å²) >= 11 is 1.45. The molecule has 1 saturated carbocycles. The first-order valence-corrected chi connectivity index (χ1v) is 9.10. The number of amides is 2. The Morgan fingerprint density at radius 1 is 1.25 bits per heavy atom. The van der Waals surface area contributed by atoms with Gasteiger partial charge in [0.15, 0.2) is 0 Å². The van der Waals surface area contributed by atoms with Gasteiger partial charge in [0.05, 0.1) is 17.4 Å². The van der Waals surface area contributed by atoms with Gasteiger partial charge in [-0.2, -0.15) is 0 Å². The summed E-state index contributed by atoms with van der Waals surface area (Å²) < 4.78 is 0. The summed E-state index contributed by atoms with van der Waals surface area (Å²) in [5.41, 5.74) is 1.16. The van der Waals surface area contributed by atoms with Crippen LogP contribution in [0.3, 0.4) is 0 Å². The van der Waals surface area contributed by atoms with E-state index in [1.165, 1.54) is 11.8 Å². The van der Waals surface area contributed by atoms with Crippen LogP contribution in [0.25, 0.3) is 0 Å². The fourth-order valence-electron chi connectivity index (χ4n) is 3.66. The van der Waals surface area contributed by atoms with Crippen LogP contribution in [0.5, 0.6) is 0 Å². The van der Waals surface area contributed by atoms with Crippen molar-refractivity contribution < 1.29 is 19.5 Å². The molecule has 3 aliphatic rings. The SMILES string of the molecule is O=C1CSc2ccc(C(=O)N3C[C@H](C(=O)O)[C@@H](C4CC4)C3)cc2N1. The first-order valence-electron chi connectivity index (χ1n) is 8.11. The predicted octanol–water partition coefficient (Wildman–Crippen LogP) is 1.91. The van der Waals surface area contributed by atoms with E-state index in [-0.39, 0.29) is 24.3 Å². The molecule has 24 heavy (non-hydrogen) atoms. The maximum atomic E-state index is 12.8. The van der Waals surface area contributed by atoms with E-state index in [9.17, 15) is 19.5 Å². The van der Waals surface area contributed by atoms with E-state index in [1.54, 1.807) is 17.0 Å². The van der Waals surface area contributed by atoms with Crippen LogP contribution >= 0.6 is 11.8 Å². The third-order valence-corrected chi connectivity index (χ3v) is 6.13. The number of benzene rings is 1. The van der Waals surface area contributed by atoms with E-state index in [4.69, 9.17) is 0 Å². The van der Waals surface area contributed by atoms with E-state index in [0.29, 0.717) is 29.5 Å². The molecule has 7 heteroatoms. The van der Waals surface area contributed by atoms with Crippen molar-refractivity contribution in [2.75, 3.05) is 24.2 Å². The molecule has 2 fully saturated rings. The van der Waals surface area contributed by atoms with Crippen LogP contribution in [0.4, 0.5) is 5.69 Å². The molecule has 0 radical (unpaired) electrons. The van der Waals surface area contributed by atoms with Gasteiger partial charge in [-0.25, -0.2) is 0 Å². The lowest BCUT2D eigenvalue weighted by Gasteiger charge is -2.20. The molecule has 1 aromatic rings. The fourth-order valence-corrected chi connectivity index (χ4v) is 4.45. The number of nitrogens with one attached hydrogen (secondary N) is 1. The lowest BCUT2D eigenvalue weighted by atomic mass is 9.92. The second kappa shape index (κ2) is 5.81. The molecule has 4 rings (SSSR count). The molecule has 1 aliphatic carbocycles. The van der Waals surface area contributed by atoms with Crippen molar-refractivity contribution in [3.63, 3.8) is 0 Å². The highest BCUT2D eigenvalue weighted by Gasteiger charge is 2.46. The van der Waals surface area contributed by atoms with Crippen molar-refractivity contribution >= 4 is 35.2 Å². The quantitative estimate of drug-likeness (QED) is 0.873. The third-order valence-electron chi connectivity index (χ3n) is 5.06. The molecule has 0 spiro atoms. The molecule has 0 bridgehead atoms. The molecule has 2 atom stereocenters. The number of thioether (sulfide) groups is 1. The van der Waals surface area contributed by atoms with Gasteiger partial charge in [-0.05, 0) is 42.9 Å². The molecule has 126 valence electrons. The number of likely N-dealkylation sites (tertiary alicyclic amines) is 1. The summed E-state index contributed by atoms with van der Waals surface area (Å²) in [6.45, 7) is 0.784. The van der Waals surface area contributed by atoms with Crippen LogP contribution in [0.2, 0.25) is 0 Å². The lowest BCUT2D eigenvalue weighted by Crippen LogP contribution is -2.30. The van der Waals surface area contributed by atoms with E-state index >= 15 is 0 Å². The minimum atomic E-state index is -0.809. The molecule has 2 aliphatic heterocycles. The van der Waals surface area contributed by atoms with Crippen LogP contribution in [-0.2, 0) is 9.59 Å². The molecule has 6 nitrogen and oxygen atoms in total. The van der Waals surface area contributed by atoms with Gasteiger partial charge in [0.25, 0.3) is 5.91 Å². The van der Waals surface area contributed by atoms with Crippen LogP contribution < -0.4 is 5.32 Å². The Hall–Kier alpha value is -2.02. The van der Waals surface area contributed by atoms with E-state index in [0.717, 1.165) is 17.7 Å². The number of nitrogens with zero attached hydrogens (tertiary/aromatic N) is 1. The summed E-state index contributed by atoms with van der Waals surface area (Å²) in [6, 6.07) is 5.30. The first-order chi connectivity index (χ1) is 11.5. The number of hydrogen-bond acceptors (Lipinski definition) is 4. The highest BCUT2D eigenvalue weighted by molar-refractivity contribution is 8.00. The van der Waals surface area contributed by atoms with Crippen LogP contribution in [-0.4, -0.2) is 46.6 Å². The smallest absolute Gasteiger partial charge is 0.308 e. The monoisotopic (exact) mass is 346 g/mol. The van der Waals surface area contributed by atoms with Crippen LogP contribution in [0.15, 0.2) is 23.1 Å². The van der Waals surface area contributed by atoms with Crippen molar-refractivity contribution in [1.82, 2.24) is 4.90 Å². The summed E-state index contributed by atoms with van der Waals surface area (Å²) in [5.74, 6) is -0.599. The summed E-state index contributed by atoms with van der Waals surface area (Å²) in [6.07, 6.45) is 2.14. The van der Waals surface area contributed by atoms with Gasteiger partial charge in [0, 0.05) is 23.5 Å². The minimum absolute atomic E-state index is 0.0688. The number of fused-ring (bicyclic) bond motifs is 1. The van der Waals surface area contributed by atoms with E-state index < -0.39 is 11.9 Å². The van der Waals surface area contributed by atoms with Crippen molar-refractivity contribution in [2.24, 2.45) is 17.8 Å². The van der Waals surface area contributed by atoms with Gasteiger partial charge in [0.1, 0.15) is 0 Å². The summed E-state index contributed by atoms with van der Waals surface area (Å²) in [4.78, 5) is 38.4. The summed E-state index contributed by atoms with van der Waals surface area (Å²) in [5, 5.41) is 12.2.